The first-order valence-corrected chi connectivity index (χ1v) is 10.2. The lowest BCUT2D eigenvalue weighted by Crippen LogP contribution is -2.45. The minimum atomic E-state index is -3.38. The molecule has 0 saturated carbocycles. The fourth-order valence-electron chi connectivity index (χ4n) is 3.19. The molecule has 2 N–H and O–H groups in total. The van der Waals surface area contributed by atoms with E-state index >= 15 is 0 Å². The maximum atomic E-state index is 12.6. The van der Waals surface area contributed by atoms with Crippen LogP contribution in [0, 0.1) is 5.92 Å². The number of ether oxygens (including phenoxy) is 1. The molecule has 0 aromatic heterocycles. The van der Waals surface area contributed by atoms with Gasteiger partial charge in [-0.1, -0.05) is 18.2 Å². The predicted molar refractivity (Wildman–Crippen MR) is 96.8 cm³/mol. The zero-order valence-electron chi connectivity index (χ0n) is 14.4. The Morgan fingerprint density at radius 1 is 1.12 bits per heavy atom. The molecule has 0 unspecified atom stereocenters. The van der Waals surface area contributed by atoms with Crippen molar-refractivity contribution in [3.63, 3.8) is 0 Å². The summed E-state index contributed by atoms with van der Waals surface area (Å²) in [6, 6.07) is 8.62. The van der Waals surface area contributed by atoms with Gasteiger partial charge in [0.05, 0.1) is 18.1 Å². The van der Waals surface area contributed by atoms with Crippen LogP contribution in [0.15, 0.2) is 40.2 Å². The van der Waals surface area contributed by atoms with Crippen molar-refractivity contribution in [3.8, 4) is 0 Å². The number of morpholine rings is 1. The first kappa shape index (κ1) is 18.2. The zero-order chi connectivity index (χ0) is 17.7. The van der Waals surface area contributed by atoms with Gasteiger partial charge in [-0.3, -0.25) is 4.99 Å². The van der Waals surface area contributed by atoms with Gasteiger partial charge in [-0.2, -0.15) is 4.31 Å². The van der Waals surface area contributed by atoms with Crippen molar-refractivity contribution in [2.24, 2.45) is 16.6 Å². The van der Waals surface area contributed by atoms with Crippen LogP contribution in [0.1, 0.15) is 12.8 Å². The van der Waals surface area contributed by atoms with Crippen molar-refractivity contribution in [1.29, 1.82) is 0 Å². The topological polar surface area (TPSA) is 88.2 Å². The van der Waals surface area contributed by atoms with Gasteiger partial charge in [0.25, 0.3) is 0 Å². The summed E-state index contributed by atoms with van der Waals surface area (Å²) in [5.41, 5.74) is 6.05. The van der Waals surface area contributed by atoms with Gasteiger partial charge in [0.2, 0.25) is 10.0 Å². The molecule has 0 bridgehead atoms. The normalized spacial score (nSPS) is 21.4. The van der Waals surface area contributed by atoms with Crippen molar-refractivity contribution >= 4 is 16.0 Å². The minimum absolute atomic E-state index is 0.364. The number of guanidine groups is 1. The first-order chi connectivity index (χ1) is 12.1. The second kappa shape index (κ2) is 8.16. The van der Waals surface area contributed by atoms with Crippen LogP contribution in [0.4, 0.5) is 0 Å². The lowest BCUT2D eigenvalue weighted by Gasteiger charge is -2.31. The van der Waals surface area contributed by atoms with E-state index in [0.29, 0.717) is 49.6 Å². The number of benzene rings is 1. The number of sulfonamides is 1. The van der Waals surface area contributed by atoms with Crippen LogP contribution in [0.2, 0.25) is 0 Å². The monoisotopic (exact) mass is 366 g/mol. The van der Waals surface area contributed by atoms with Gasteiger partial charge >= 0.3 is 0 Å². The van der Waals surface area contributed by atoms with Gasteiger partial charge in [0.15, 0.2) is 5.96 Å². The summed E-state index contributed by atoms with van der Waals surface area (Å²) in [6.45, 7) is 4.66. The van der Waals surface area contributed by atoms with Gasteiger partial charge in [0.1, 0.15) is 0 Å². The Labute approximate surface area is 149 Å². The quantitative estimate of drug-likeness (QED) is 0.627. The Balaban J connectivity index is 1.52. The summed E-state index contributed by atoms with van der Waals surface area (Å²) in [7, 11) is -3.38. The molecule has 138 valence electrons. The molecule has 7 nitrogen and oxygen atoms in total. The van der Waals surface area contributed by atoms with Crippen LogP contribution in [-0.2, 0) is 14.8 Å². The summed E-state index contributed by atoms with van der Waals surface area (Å²) in [6.07, 6.45) is 1.62. The second-order valence-electron chi connectivity index (χ2n) is 6.46. The van der Waals surface area contributed by atoms with Crippen LogP contribution < -0.4 is 5.73 Å². The highest BCUT2D eigenvalue weighted by atomic mass is 32.2. The predicted octanol–water partition coefficient (Wildman–Crippen LogP) is 0.734. The van der Waals surface area contributed by atoms with E-state index in [-0.39, 0.29) is 0 Å². The number of rotatable bonds is 4. The largest absolute Gasteiger partial charge is 0.378 e. The van der Waals surface area contributed by atoms with Crippen molar-refractivity contribution in [3.05, 3.63) is 30.3 Å². The minimum Gasteiger partial charge on any atom is -0.378 e. The summed E-state index contributed by atoms with van der Waals surface area (Å²) in [5, 5.41) is 0. The number of hydrogen-bond donors (Lipinski definition) is 1. The van der Waals surface area contributed by atoms with Crippen molar-refractivity contribution in [2.45, 2.75) is 17.7 Å². The van der Waals surface area contributed by atoms with E-state index < -0.39 is 10.0 Å². The van der Waals surface area contributed by atoms with E-state index in [1.165, 1.54) is 0 Å². The number of piperidine rings is 1. The number of nitrogens with zero attached hydrogens (tertiary/aromatic N) is 3. The van der Waals surface area contributed by atoms with Crippen molar-refractivity contribution in [2.75, 3.05) is 45.9 Å². The standard InChI is InChI=1S/C17H26N4O3S/c18-17(20-10-12-24-13-11-20)19-14-15-6-8-21(9-7-15)25(22,23)16-4-2-1-3-5-16/h1-5,15H,6-14H2,(H2,18,19). The third kappa shape index (κ3) is 4.50. The second-order valence-corrected chi connectivity index (χ2v) is 8.40. The van der Waals surface area contributed by atoms with Gasteiger partial charge in [-0.05, 0) is 30.9 Å². The van der Waals surface area contributed by atoms with E-state index in [1.54, 1.807) is 28.6 Å². The van der Waals surface area contributed by atoms with Gasteiger partial charge in [0, 0.05) is 32.7 Å². The van der Waals surface area contributed by atoms with Crippen LogP contribution in [0.3, 0.4) is 0 Å². The summed E-state index contributed by atoms with van der Waals surface area (Å²) in [5.74, 6) is 0.949. The lowest BCUT2D eigenvalue weighted by molar-refractivity contribution is 0.0673. The highest BCUT2D eigenvalue weighted by Gasteiger charge is 2.29. The third-order valence-electron chi connectivity index (χ3n) is 4.80. The molecule has 1 aromatic rings. The molecule has 2 aliphatic rings. The van der Waals surface area contributed by atoms with Crippen LogP contribution in [0.25, 0.3) is 0 Å². The van der Waals surface area contributed by atoms with Crippen LogP contribution in [0.5, 0.6) is 0 Å². The number of hydrogen-bond acceptors (Lipinski definition) is 4. The zero-order valence-corrected chi connectivity index (χ0v) is 15.2. The molecular formula is C17H26N4O3S. The molecular weight excluding hydrogens is 340 g/mol. The Hall–Kier alpha value is -1.64. The van der Waals surface area contributed by atoms with E-state index in [2.05, 4.69) is 4.99 Å². The Bertz CT molecular complexity index is 679. The first-order valence-electron chi connectivity index (χ1n) is 8.75. The molecule has 0 atom stereocenters. The maximum absolute atomic E-state index is 12.6. The number of aliphatic imine (C=N–C) groups is 1. The van der Waals surface area contributed by atoms with E-state index in [1.807, 2.05) is 11.0 Å². The molecule has 2 fully saturated rings. The van der Waals surface area contributed by atoms with Crippen LogP contribution >= 0.6 is 0 Å². The fraction of sp³-hybridized carbons (Fsp3) is 0.588. The lowest BCUT2D eigenvalue weighted by atomic mass is 9.98. The summed E-state index contributed by atoms with van der Waals surface area (Å²) in [4.78, 5) is 6.92. The maximum Gasteiger partial charge on any atom is 0.243 e. The molecule has 0 aliphatic carbocycles. The summed E-state index contributed by atoms with van der Waals surface area (Å²) < 4.78 is 32.1. The molecule has 0 spiro atoms. The van der Waals surface area contributed by atoms with Gasteiger partial charge < -0.3 is 15.4 Å². The highest BCUT2D eigenvalue weighted by molar-refractivity contribution is 7.89. The van der Waals surface area contributed by atoms with E-state index in [9.17, 15) is 8.42 Å². The molecule has 8 heteroatoms. The Kier molecular flexibility index (Phi) is 5.93. The molecule has 2 aliphatic heterocycles. The van der Waals surface area contributed by atoms with E-state index in [0.717, 1.165) is 25.9 Å². The molecule has 0 amide bonds. The molecule has 0 radical (unpaired) electrons. The molecule has 1 aromatic carbocycles. The average molecular weight is 366 g/mol. The smallest absolute Gasteiger partial charge is 0.243 e. The Morgan fingerprint density at radius 2 is 1.76 bits per heavy atom. The molecule has 2 heterocycles. The van der Waals surface area contributed by atoms with E-state index in [4.69, 9.17) is 10.5 Å². The SMILES string of the molecule is NC(=NCC1CCN(S(=O)(=O)c2ccccc2)CC1)N1CCOCC1. The van der Waals surface area contributed by atoms with Crippen LogP contribution in [-0.4, -0.2) is 69.5 Å². The van der Waals surface area contributed by atoms with Crippen molar-refractivity contribution < 1.29 is 13.2 Å². The molecule has 25 heavy (non-hydrogen) atoms. The van der Waals surface area contributed by atoms with Gasteiger partial charge in [-0.15, -0.1) is 0 Å². The number of nitrogens with two attached hydrogens (primary N) is 1. The van der Waals surface area contributed by atoms with Gasteiger partial charge in [-0.25, -0.2) is 8.42 Å². The highest BCUT2D eigenvalue weighted by Crippen LogP contribution is 2.23. The summed E-state index contributed by atoms with van der Waals surface area (Å²) >= 11 is 0. The van der Waals surface area contributed by atoms with Crippen molar-refractivity contribution in [1.82, 2.24) is 9.21 Å². The average Bonchev–Trinajstić information content (AvgIpc) is 2.68. The third-order valence-corrected chi connectivity index (χ3v) is 6.71. The Morgan fingerprint density at radius 3 is 2.40 bits per heavy atom. The molecule has 2 saturated heterocycles. The molecule has 3 rings (SSSR count). The fourth-order valence-corrected chi connectivity index (χ4v) is 4.68.